The average molecular weight is 395 g/mol. The van der Waals surface area contributed by atoms with E-state index in [4.69, 9.17) is 0 Å². The Bertz CT molecular complexity index is 1250. The van der Waals surface area contributed by atoms with Crippen LogP contribution in [0.15, 0.2) is 41.3 Å². The molecule has 8 heteroatoms. The smallest absolute Gasteiger partial charge is 0.272 e. The number of rotatable bonds is 5. The Labute approximate surface area is 165 Å². The number of aromatic nitrogens is 3. The normalized spacial score (nSPS) is 11.2. The lowest BCUT2D eigenvalue weighted by Crippen LogP contribution is -2.28. The highest BCUT2D eigenvalue weighted by Gasteiger charge is 2.13. The first-order valence-corrected chi connectivity index (χ1v) is 9.80. The van der Waals surface area contributed by atoms with Gasteiger partial charge in [-0.05, 0) is 29.8 Å². The van der Waals surface area contributed by atoms with Gasteiger partial charge in [0.25, 0.3) is 5.56 Å². The number of carbonyl (C=O) groups excluding carboxylic acids is 1. The maximum atomic E-state index is 12.8. The number of nitrogens with zero attached hydrogens (tertiary/aromatic N) is 3. The second-order valence-electron chi connectivity index (χ2n) is 6.73. The van der Waals surface area contributed by atoms with Gasteiger partial charge in [0.15, 0.2) is 0 Å². The maximum absolute atomic E-state index is 12.8. The molecule has 0 fully saturated rings. The van der Waals surface area contributed by atoms with Gasteiger partial charge >= 0.3 is 0 Å². The van der Waals surface area contributed by atoms with Crippen LogP contribution < -0.4 is 16.2 Å². The molecule has 0 atom stereocenters. The first-order valence-electron chi connectivity index (χ1n) is 8.98. The van der Waals surface area contributed by atoms with Crippen molar-refractivity contribution in [3.63, 3.8) is 0 Å². The monoisotopic (exact) mass is 395 g/mol. The van der Waals surface area contributed by atoms with Crippen molar-refractivity contribution >= 4 is 44.3 Å². The molecule has 0 saturated heterocycles. The molecule has 4 aromatic rings. The topological polar surface area (TPSA) is 81.0 Å². The molecular formula is C20H21N5O2S. The van der Waals surface area contributed by atoms with E-state index in [9.17, 15) is 9.59 Å². The number of hydrogen-bond donors (Lipinski definition) is 2. The number of benzene rings is 1. The summed E-state index contributed by atoms with van der Waals surface area (Å²) >= 11 is 1.46. The van der Waals surface area contributed by atoms with Crippen LogP contribution in [0.3, 0.4) is 0 Å². The molecule has 0 aliphatic heterocycles. The Balaban J connectivity index is 1.68. The fourth-order valence-electron chi connectivity index (χ4n) is 3.20. The standard InChI is InChI=1S/C20H21N5O2S/c1-12(26)21-7-8-22-20-23-15-11-17(28-18(15)19(27)25(20)3)14-4-5-16-13(10-14)6-9-24(16)2/h4-6,9-11H,7-8H2,1-3H3,(H,21,26)(H,22,23). The molecule has 144 valence electrons. The van der Waals surface area contributed by atoms with E-state index in [0.717, 1.165) is 10.4 Å². The highest BCUT2D eigenvalue weighted by atomic mass is 32.1. The summed E-state index contributed by atoms with van der Waals surface area (Å²) in [5.41, 5.74) is 2.84. The van der Waals surface area contributed by atoms with Gasteiger partial charge < -0.3 is 15.2 Å². The van der Waals surface area contributed by atoms with E-state index in [-0.39, 0.29) is 11.5 Å². The number of amides is 1. The molecule has 2 N–H and O–H groups in total. The SMILES string of the molecule is CC(=O)NCCNc1nc2cc(-c3ccc4c(ccn4C)c3)sc2c(=O)n1C. The Morgan fingerprint density at radius 2 is 2.00 bits per heavy atom. The minimum Gasteiger partial charge on any atom is -0.355 e. The minimum atomic E-state index is -0.0861. The van der Waals surface area contributed by atoms with Crippen molar-refractivity contribution in [2.24, 2.45) is 14.1 Å². The minimum absolute atomic E-state index is 0.0796. The molecule has 0 radical (unpaired) electrons. The van der Waals surface area contributed by atoms with Gasteiger partial charge in [-0.3, -0.25) is 14.2 Å². The lowest BCUT2D eigenvalue weighted by atomic mass is 10.1. The van der Waals surface area contributed by atoms with Crippen LogP contribution in [0.1, 0.15) is 6.92 Å². The van der Waals surface area contributed by atoms with Crippen LogP contribution in [-0.2, 0) is 18.9 Å². The van der Waals surface area contributed by atoms with Crippen LogP contribution >= 0.6 is 11.3 Å². The molecule has 7 nitrogen and oxygen atoms in total. The van der Waals surface area contributed by atoms with E-state index >= 15 is 0 Å². The van der Waals surface area contributed by atoms with Gasteiger partial charge in [0.05, 0.1) is 5.52 Å². The zero-order valence-electron chi connectivity index (χ0n) is 15.9. The van der Waals surface area contributed by atoms with Crippen LogP contribution in [0.4, 0.5) is 5.95 Å². The fraction of sp³-hybridized carbons (Fsp3) is 0.250. The number of carbonyl (C=O) groups is 1. The van der Waals surface area contributed by atoms with Gasteiger partial charge in [-0.25, -0.2) is 4.98 Å². The Morgan fingerprint density at radius 1 is 1.18 bits per heavy atom. The highest BCUT2D eigenvalue weighted by Crippen LogP contribution is 2.33. The molecule has 0 saturated carbocycles. The molecule has 4 rings (SSSR count). The van der Waals surface area contributed by atoms with Gasteiger partial charge in [0.2, 0.25) is 11.9 Å². The Hall–Kier alpha value is -3.13. The molecule has 0 spiro atoms. The van der Waals surface area contributed by atoms with Crippen molar-refractivity contribution in [3.8, 4) is 10.4 Å². The molecule has 0 aliphatic carbocycles. The number of thiophene rings is 1. The first kappa shape index (κ1) is 18.2. The average Bonchev–Trinajstić information content (AvgIpc) is 3.26. The van der Waals surface area contributed by atoms with Crippen LogP contribution in [0, 0.1) is 0 Å². The summed E-state index contributed by atoms with van der Waals surface area (Å²) in [5, 5.41) is 6.99. The zero-order valence-corrected chi connectivity index (χ0v) is 16.8. The van der Waals surface area contributed by atoms with Crippen molar-refractivity contribution in [1.82, 2.24) is 19.4 Å². The molecule has 3 heterocycles. The lowest BCUT2D eigenvalue weighted by Gasteiger charge is -2.09. The molecule has 0 aliphatic rings. The third-order valence-electron chi connectivity index (χ3n) is 4.71. The third-order valence-corrected chi connectivity index (χ3v) is 5.87. The predicted molar refractivity (Wildman–Crippen MR) is 114 cm³/mol. The molecule has 28 heavy (non-hydrogen) atoms. The summed E-state index contributed by atoms with van der Waals surface area (Å²) < 4.78 is 4.23. The van der Waals surface area contributed by atoms with Gasteiger partial charge in [0.1, 0.15) is 4.70 Å². The van der Waals surface area contributed by atoms with Crippen molar-refractivity contribution < 1.29 is 4.79 Å². The second-order valence-corrected chi connectivity index (χ2v) is 7.79. The Morgan fingerprint density at radius 3 is 2.79 bits per heavy atom. The largest absolute Gasteiger partial charge is 0.355 e. The quantitative estimate of drug-likeness (QED) is 0.509. The molecule has 0 unspecified atom stereocenters. The van der Waals surface area contributed by atoms with Gasteiger partial charge in [-0.15, -0.1) is 11.3 Å². The molecule has 1 aromatic carbocycles. The van der Waals surface area contributed by atoms with Gasteiger partial charge in [-0.1, -0.05) is 6.07 Å². The van der Waals surface area contributed by atoms with E-state index in [1.54, 1.807) is 7.05 Å². The summed E-state index contributed by atoms with van der Waals surface area (Å²) in [5.74, 6) is 0.405. The summed E-state index contributed by atoms with van der Waals surface area (Å²) in [6, 6.07) is 10.3. The summed E-state index contributed by atoms with van der Waals surface area (Å²) in [4.78, 5) is 29.4. The molecule has 3 aromatic heterocycles. The highest BCUT2D eigenvalue weighted by molar-refractivity contribution is 7.22. The Kier molecular flexibility index (Phi) is 4.64. The third kappa shape index (κ3) is 3.27. The number of nitrogens with one attached hydrogen (secondary N) is 2. The van der Waals surface area contributed by atoms with Crippen LogP contribution in [0.2, 0.25) is 0 Å². The lowest BCUT2D eigenvalue weighted by molar-refractivity contribution is -0.118. The first-order chi connectivity index (χ1) is 13.4. The zero-order chi connectivity index (χ0) is 19.8. The van der Waals surface area contributed by atoms with Crippen LogP contribution in [-0.4, -0.2) is 33.1 Å². The molecule has 0 bridgehead atoms. The second kappa shape index (κ2) is 7.12. The van der Waals surface area contributed by atoms with Gasteiger partial charge in [-0.2, -0.15) is 0 Å². The van der Waals surface area contributed by atoms with E-state index in [2.05, 4.69) is 44.5 Å². The van der Waals surface area contributed by atoms with Crippen LogP contribution in [0.25, 0.3) is 31.6 Å². The van der Waals surface area contributed by atoms with Crippen molar-refractivity contribution in [2.75, 3.05) is 18.4 Å². The molecule has 1 amide bonds. The number of anilines is 1. The number of aryl methyl sites for hydroxylation is 1. The van der Waals surface area contributed by atoms with Crippen molar-refractivity contribution in [3.05, 3.63) is 46.9 Å². The number of hydrogen-bond acceptors (Lipinski definition) is 5. The van der Waals surface area contributed by atoms with Crippen LogP contribution in [0.5, 0.6) is 0 Å². The fourth-order valence-corrected chi connectivity index (χ4v) is 4.27. The molecular weight excluding hydrogens is 374 g/mol. The predicted octanol–water partition coefficient (Wildman–Crippen LogP) is 2.70. The van der Waals surface area contributed by atoms with Gasteiger partial charge in [0, 0.05) is 56.1 Å². The van der Waals surface area contributed by atoms with Crippen molar-refractivity contribution in [1.29, 1.82) is 0 Å². The van der Waals surface area contributed by atoms with E-state index in [1.807, 2.05) is 19.3 Å². The maximum Gasteiger partial charge on any atom is 0.272 e. The van der Waals surface area contributed by atoms with E-state index in [0.29, 0.717) is 29.3 Å². The number of fused-ring (bicyclic) bond motifs is 2. The van der Waals surface area contributed by atoms with Crippen molar-refractivity contribution in [2.45, 2.75) is 6.92 Å². The van der Waals surface area contributed by atoms with E-state index < -0.39 is 0 Å². The summed E-state index contributed by atoms with van der Waals surface area (Å²) in [6.07, 6.45) is 2.04. The summed E-state index contributed by atoms with van der Waals surface area (Å²) in [7, 11) is 3.72. The summed E-state index contributed by atoms with van der Waals surface area (Å²) in [6.45, 7) is 2.43. The van der Waals surface area contributed by atoms with E-state index in [1.165, 1.54) is 33.7 Å².